The lowest BCUT2D eigenvalue weighted by molar-refractivity contribution is -0.357. The summed E-state index contributed by atoms with van der Waals surface area (Å²) in [5, 5.41) is 5.11. The smallest absolute Gasteiger partial charge is 0.322 e. The molecule has 5 rings (SSSR count). The second-order valence-corrected chi connectivity index (χ2v) is 7.34. The number of nitrogens with zero attached hydrogens (tertiary/aromatic N) is 5. The van der Waals surface area contributed by atoms with Crippen molar-refractivity contribution in [3.05, 3.63) is 76.3 Å². The van der Waals surface area contributed by atoms with E-state index in [-0.39, 0.29) is 5.56 Å². The van der Waals surface area contributed by atoms with Gasteiger partial charge < -0.3 is 4.74 Å². The van der Waals surface area contributed by atoms with Crippen LogP contribution >= 0.6 is 0 Å². The molecule has 0 aliphatic rings. The number of methoxy groups -OCH3 is 1. The first-order valence-corrected chi connectivity index (χ1v) is 9.97. The van der Waals surface area contributed by atoms with Gasteiger partial charge in [0.1, 0.15) is 5.52 Å². The minimum absolute atomic E-state index is 0.162. The van der Waals surface area contributed by atoms with E-state index in [9.17, 15) is 4.79 Å². The van der Waals surface area contributed by atoms with Gasteiger partial charge in [-0.3, -0.25) is 0 Å². The lowest BCUT2D eigenvalue weighted by atomic mass is 10.2. The van der Waals surface area contributed by atoms with Crippen molar-refractivity contribution in [2.75, 3.05) is 13.7 Å². The molecule has 5 aromatic rings. The van der Waals surface area contributed by atoms with Gasteiger partial charge in [0.05, 0.1) is 30.4 Å². The van der Waals surface area contributed by atoms with Gasteiger partial charge in [-0.05, 0) is 24.6 Å². The maximum absolute atomic E-state index is 13.3. The van der Waals surface area contributed by atoms with Crippen molar-refractivity contribution in [3.8, 4) is 0 Å². The number of H-pyrrole nitrogens is 1. The van der Waals surface area contributed by atoms with E-state index >= 15 is 0 Å². The first kappa shape index (κ1) is 19.1. The first-order valence-electron chi connectivity index (χ1n) is 9.97. The third-order valence-electron chi connectivity index (χ3n) is 5.17. The first-order chi connectivity index (χ1) is 15.2. The number of rotatable bonds is 5. The zero-order chi connectivity index (χ0) is 21.4. The van der Waals surface area contributed by atoms with Gasteiger partial charge in [-0.15, -0.1) is 9.78 Å². The van der Waals surface area contributed by atoms with E-state index in [4.69, 9.17) is 14.7 Å². The molecular formula is C23H21N6O2+. The van der Waals surface area contributed by atoms with Gasteiger partial charge >= 0.3 is 5.56 Å². The van der Waals surface area contributed by atoms with Crippen LogP contribution in [0, 0.1) is 6.92 Å². The van der Waals surface area contributed by atoms with Crippen LogP contribution in [0.5, 0.6) is 0 Å². The number of para-hydroxylation sites is 2. The summed E-state index contributed by atoms with van der Waals surface area (Å²) in [6.07, 6.45) is 3.40. The maximum Gasteiger partial charge on any atom is 0.322 e. The van der Waals surface area contributed by atoms with E-state index in [1.165, 1.54) is 0 Å². The molecule has 0 aliphatic heterocycles. The number of aromatic amines is 1. The minimum Gasteiger partial charge on any atom is -0.381 e. The standard InChI is InChI=1S/C23H20N6O2/c1-15-6-5-7-16(12-15)13-25-29-21-19(23(30)28(14-24-21)10-11-31-2)20-22(29)27-18-9-4-3-8-17(18)26-20/h3-9,12-14H,10-11H2,1-2H3/p+1. The Kier molecular flexibility index (Phi) is 4.76. The molecule has 2 aromatic carbocycles. The number of aryl methyl sites for hydroxylation is 1. The summed E-state index contributed by atoms with van der Waals surface area (Å²) in [7, 11) is 1.61. The number of ether oxygens (including phenoxy) is 1. The molecule has 0 amide bonds. The molecule has 0 radical (unpaired) electrons. The number of benzene rings is 2. The van der Waals surface area contributed by atoms with Gasteiger partial charge in [-0.1, -0.05) is 42.0 Å². The molecule has 3 aromatic heterocycles. The topological polar surface area (TPSA) is 88.4 Å². The summed E-state index contributed by atoms with van der Waals surface area (Å²) < 4.78 is 8.36. The third kappa shape index (κ3) is 3.36. The molecule has 0 aliphatic carbocycles. The predicted octanol–water partition coefficient (Wildman–Crippen LogP) is 2.55. The van der Waals surface area contributed by atoms with E-state index < -0.39 is 0 Å². The van der Waals surface area contributed by atoms with E-state index in [2.05, 4.69) is 10.1 Å². The molecule has 0 bridgehead atoms. The Hall–Kier alpha value is -3.91. The fourth-order valence-corrected chi connectivity index (χ4v) is 3.65. The normalized spacial score (nSPS) is 11.9. The van der Waals surface area contributed by atoms with Gasteiger partial charge in [0.15, 0.2) is 11.7 Å². The molecule has 1 N–H and O–H groups in total. The largest absolute Gasteiger partial charge is 0.381 e. The van der Waals surface area contributed by atoms with Gasteiger partial charge in [0.25, 0.3) is 5.65 Å². The highest BCUT2D eigenvalue weighted by atomic mass is 16.5. The highest BCUT2D eigenvalue weighted by molar-refractivity contribution is 6.03. The van der Waals surface area contributed by atoms with Crippen molar-refractivity contribution in [2.24, 2.45) is 5.10 Å². The monoisotopic (exact) mass is 413 g/mol. The van der Waals surface area contributed by atoms with Crippen molar-refractivity contribution in [2.45, 2.75) is 13.5 Å². The van der Waals surface area contributed by atoms with Gasteiger partial charge in [-0.25, -0.2) is 24.3 Å². The van der Waals surface area contributed by atoms with Gasteiger partial charge in [-0.2, -0.15) is 0 Å². The van der Waals surface area contributed by atoms with E-state index in [0.29, 0.717) is 35.3 Å². The minimum atomic E-state index is -0.162. The van der Waals surface area contributed by atoms with Crippen LogP contribution in [-0.2, 0) is 11.3 Å². The van der Waals surface area contributed by atoms with Crippen LogP contribution in [0.2, 0.25) is 0 Å². The van der Waals surface area contributed by atoms with Crippen molar-refractivity contribution in [1.29, 1.82) is 0 Å². The Morgan fingerprint density at radius 1 is 1.13 bits per heavy atom. The summed E-state index contributed by atoms with van der Waals surface area (Å²) in [5.41, 5.74) is 4.99. The second-order valence-electron chi connectivity index (χ2n) is 7.34. The number of hydrogen-bond acceptors (Lipinski definition) is 5. The van der Waals surface area contributed by atoms with E-state index in [1.807, 2.05) is 55.5 Å². The fourth-order valence-electron chi connectivity index (χ4n) is 3.65. The highest BCUT2D eigenvalue weighted by Crippen LogP contribution is 2.23. The Morgan fingerprint density at radius 3 is 2.71 bits per heavy atom. The molecule has 0 saturated carbocycles. The highest BCUT2D eigenvalue weighted by Gasteiger charge is 2.24. The molecule has 0 saturated heterocycles. The predicted molar refractivity (Wildman–Crippen MR) is 119 cm³/mol. The summed E-state index contributed by atoms with van der Waals surface area (Å²) >= 11 is 0. The number of aromatic nitrogens is 5. The molecule has 31 heavy (non-hydrogen) atoms. The Bertz CT molecular complexity index is 1520. The van der Waals surface area contributed by atoms with Crippen LogP contribution in [0.3, 0.4) is 0 Å². The lowest BCUT2D eigenvalue weighted by Crippen LogP contribution is -2.28. The fraction of sp³-hybridized carbons (Fsp3) is 0.174. The third-order valence-corrected chi connectivity index (χ3v) is 5.17. The number of nitrogens with one attached hydrogen (secondary N) is 1. The van der Waals surface area contributed by atoms with Crippen LogP contribution in [0.25, 0.3) is 33.2 Å². The van der Waals surface area contributed by atoms with Crippen molar-refractivity contribution in [1.82, 2.24) is 19.2 Å². The molecule has 3 heterocycles. The van der Waals surface area contributed by atoms with Crippen LogP contribution < -0.4 is 10.5 Å². The van der Waals surface area contributed by atoms with Crippen LogP contribution in [0.15, 0.2) is 64.8 Å². The second kappa shape index (κ2) is 7.73. The Labute approximate surface area is 177 Å². The maximum atomic E-state index is 13.3. The van der Waals surface area contributed by atoms with Crippen LogP contribution in [0.4, 0.5) is 0 Å². The zero-order valence-electron chi connectivity index (χ0n) is 17.2. The van der Waals surface area contributed by atoms with Crippen molar-refractivity contribution < 1.29 is 9.72 Å². The molecule has 0 spiro atoms. The SMILES string of the molecule is COCCn1c[nH+]c2c(c1=O)c1nc3ccccc3nc1n2N=Cc1cccc(C)c1. The van der Waals surface area contributed by atoms with Crippen molar-refractivity contribution in [3.63, 3.8) is 0 Å². The average molecular weight is 413 g/mol. The molecular weight excluding hydrogens is 392 g/mol. The van der Waals surface area contributed by atoms with E-state index in [1.54, 1.807) is 28.9 Å². The Morgan fingerprint density at radius 2 is 1.94 bits per heavy atom. The number of hydrogen-bond donors (Lipinski definition) is 0. The summed E-state index contributed by atoms with van der Waals surface area (Å²) in [6, 6.07) is 15.6. The van der Waals surface area contributed by atoms with E-state index in [0.717, 1.165) is 22.2 Å². The van der Waals surface area contributed by atoms with Gasteiger partial charge in [0, 0.05) is 7.11 Å². The quantitative estimate of drug-likeness (QED) is 0.414. The lowest BCUT2D eigenvalue weighted by Gasteiger charge is -1.99. The van der Waals surface area contributed by atoms with Gasteiger partial charge in [0.2, 0.25) is 5.65 Å². The molecule has 0 fully saturated rings. The molecule has 0 unspecified atom stereocenters. The number of fused-ring (bicyclic) bond motifs is 4. The Balaban J connectivity index is 1.80. The molecule has 8 heteroatoms. The summed E-state index contributed by atoms with van der Waals surface area (Å²) in [4.78, 5) is 26.0. The van der Waals surface area contributed by atoms with Crippen LogP contribution in [-0.4, -0.2) is 39.1 Å². The summed E-state index contributed by atoms with van der Waals surface area (Å²) in [5.74, 6) is 0. The van der Waals surface area contributed by atoms with Crippen LogP contribution in [0.1, 0.15) is 11.1 Å². The molecule has 154 valence electrons. The molecule has 8 nitrogen and oxygen atoms in total. The van der Waals surface area contributed by atoms with Crippen molar-refractivity contribution >= 4 is 39.4 Å². The average Bonchev–Trinajstić information content (AvgIpc) is 3.09. The molecule has 0 atom stereocenters. The summed E-state index contributed by atoms with van der Waals surface area (Å²) in [6.45, 7) is 2.89. The zero-order valence-corrected chi connectivity index (χ0v) is 17.2.